The molecule has 1 fully saturated rings. The SMILES string of the molecule is CCOc1ccc(C(NN)C2(OCC)CCOCC2)cc1. The van der Waals surface area contributed by atoms with Crippen molar-refractivity contribution in [3.63, 3.8) is 0 Å². The zero-order chi connectivity index (χ0) is 15.1. The molecule has 5 heteroatoms. The zero-order valence-electron chi connectivity index (χ0n) is 12.9. The van der Waals surface area contributed by atoms with Gasteiger partial charge in [-0.2, -0.15) is 0 Å². The third-order valence-corrected chi connectivity index (χ3v) is 3.99. The summed E-state index contributed by atoms with van der Waals surface area (Å²) < 4.78 is 17.1. The summed E-state index contributed by atoms with van der Waals surface area (Å²) in [4.78, 5) is 0. The van der Waals surface area contributed by atoms with E-state index in [0.717, 1.165) is 24.2 Å². The van der Waals surface area contributed by atoms with Crippen molar-refractivity contribution in [2.75, 3.05) is 26.4 Å². The molecule has 1 aromatic carbocycles. The average Bonchev–Trinajstić information content (AvgIpc) is 2.51. The standard InChI is InChI=1S/C16H26N2O3/c1-3-20-14-7-5-13(6-8-14)15(18-17)16(21-4-2)9-11-19-12-10-16/h5-8,15,18H,3-4,9-12,17H2,1-2H3. The van der Waals surface area contributed by atoms with Gasteiger partial charge >= 0.3 is 0 Å². The van der Waals surface area contributed by atoms with Crippen LogP contribution in [0.1, 0.15) is 38.3 Å². The molecule has 5 nitrogen and oxygen atoms in total. The Balaban J connectivity index is 2.22. The number of nitrogens with one attached hydrogen (secondary N) is 1. The molecule has 1 aromatic rings. The molecule has 0 aromatic heterocycles. The van der Waals surface area contributed by atoms with E-state index in [1.807, 2.05) is 38.1 Å². The smallest absolute Gasteiger partial charge is 0.119 e. The Kier molecular flexibility index (Phi) is 5.99. The molecule has 0 spiro atoms. The molecule has 0 radical (unpaired) electrons. The molecule has 2 rings (SSSR count). The number of hydrazine groups is 1. The molecule has 1 atom stereocenters. The molecule has 1 aliphatic rings. The van der Waals surface area contributed by atoms with Gasteiger partial charge in [-0.25, -0.2) is 0 Å². The van der Waals surface area contributed by atoms with Crippen LogP contribution in [0.5, 0.6) is 5.75 Å². The minimum atomic E-state index is -0.311. The summed E-state index contributed by atoms with van der Waals surface area (Å²) in [5, 5.41) is 0. The van der Waals surface area contributed by atoms with Gasteiger partial charge in [0.1, 0.15) is 5.75 Å². The Morgan fingerprint density at radius 1 is 1.19 bits per heavy atom. The molecule has 0 bridgehead atoms. The summed E-state index contributed by atoms with van der Waals surface area (Å²) in [5.41, 5.74) is 3.74. The van der Waals surface area contributed by atoms with Crippen LogP contribution in [-0.2, 0) is 9.47 Å². The molecule has 1 aliphatic heterocycles. The summed E-state index contributed by atoms with van der Waals surface area (Å²) in [6.07, 6.45) is 1.67. The van der Waals surface area contributed by atoms with Gasteiger partial charge in [0.15, 0.2) is 0 Å². The van der Waals surface area contributed by atoms with Gasteiger partial charge in [-0.15, -0.1) is 0 Å². The van der Waals surface area contributed by atoms with Crippen LogP contribution in [0.3, 0.4) is 0 Å². The maximum absolute atomic E-state index is 6.10. The van der Waals surface area contributed by atoms with Crippen LogP contribution in [0, 0.1) is 0 Å². The van der Waals surface area contributed by atoms with Gasteiger partial charge in [-0.1, -0.05) is 12.1 Å². The van der Waals surface area contributed by atoms with E-state index in [0.29, 0.717) is 26.4 Å². The molecule has 0 saturated carbocycles. The first-order valence-electron chi connectivity index (χ1n) is 7.66. The van der Waals surface area contributed by atoms with E-state index in [1.54, 1.807) is 0 Å². The average molecular weight is 294 g/mol. The van der Waals surface area contributed by atoms with E-state index >= 15 is 0 Å². The fourth-order valence-corrected chi connectivity index (χ4v) is 3.00. The molecule has 1 saturated heterocycles. The first-order chi connectivity index (χ1) is 10.3. The predicted molar refractivity (Wildman–Crippen MR) is 82.1 cm³/mol. The van der Waals surface area contributed by atoms with Gasteiger partial charge in [-0.05, 0) is 31.5 Å². The predicted octanol–water partition coefficient (Wildman–Crippen LogP) is 2.18. The second-order valence-electron chi connectivity index (χ2n) is 5.21. The van der Waals surface area contributed by atoms with Crippen molar-refractivity contribution in [3.8, 4) is 5.75 Å². The Morgan fingerprint density at radius 2 is 1.86 bits per heavy atom. The van der Waals surface area contributed by atoms with Crippen LogP contribution < -0.4 is 16.0 Å². The quantitative estimate of drug-likeness (QED) is 0.596. The lowest BCUT2D eigenvalue weighted by Gasteiger charge is -2.43. The molecule has 1 heterocycles. The lowest BCUT2D eigenvalue weighted by molar-refractivity contribution is -0.128. The van der Waals surface area contributed by atoms with E-state index < -0.39 is 0 Å². The molecular weight excluding hydrogens is 268 g/mol. The van der Waals surface area contributed by atoms with E-state index in [-0.39, 0.29) is 11.6 Å². The lowest BCUT2D eigenvalue weighted by Crippen LogP contribution is -2.51. The van der Waals surface area contributed by atoms with Crippen molar-refractivity contribution >= 4 is 0 Å². The molecule has 0 amide bonds. The minimum Gasteiger partial charge on any atom is -0.494 e. The van der Waals surface area contributed by atoms with Crippen LogP contribution in [0.15, 0.2) is 24.3 Å². The maximum atomic E-state index is 6.10. The Hall–Kier alpha value is -1.14. The van der Waals surface area contributed by atoms with Crippen molar-refractivity contribution in [2.45, 2.75) is 38.3 Å². The van der Waals surface area contributed by atoms with Crippen LogP contribution in [0.2, 0.25) is 0 Å². The second-order valence-corrected chi connectivity index (χ2v) is 5.21. The summed E-state index contributed by atoms with van der Waals surface area (Å²) in [6, 6.07) is 7.99. The van der Waals surface area contributed by atoms with E-state index in [2.05, 4.69) is 5.43 Å². The molecule has 3 N–H and O–H groups in total. The topological polar surface area (TPSA) is 65.7 Å². The number of ether oxygens (including phenoxy) is 3. The monoisotopic (exact) mass is 294 g/mol. The van der Waals surface area contributed by atoms with Crippen molar-refractivity contribution in [2.24, 2.45) is 5.84 Å². The minimum absolute atomic E-state index is 0.0583. The van der Waals surface area contributed by atoms with Crippen LogP contribution >= 0.6 is 0 Å². The van der Waals surface area contributed by atoms with Crippen LogP contribution in [-0.4, -0.2) is 32.0 Å². The third kappa shape index (κ3) is 3.74. The first kappa shape index (κ1) is 16.2. The Labute approximate surface area is 126 Å². The number of hydrogen-bond acceptors (Lipinski definition) is 5. The molecule has 0 aliphatic carbocycles. The highest BCUT2D eigenvalue weighted by molar-refractivity contribution is 5.31. The number of rotatable bonds is 7. The fraction of sp³-hybridized carbons (Fsp3) is 0.625. The Morgan fingerprint density at radius 3 is 2.38 bits per heavy atom. The summed E-state index contributed by atoms with van der Waals surface area (Å²) in [5.74, 6) is 6.72. The van der Waals surface area contributed by atoms with E-state index in [1.165, 1.54) is 0 Å². The maximum Gasteiger partial charge on any atom is 0.119 e. The van der Waals surface area contributed by atoms with Crippen LogP contribution in [0.4, 0.5) is 0 Å². The van der Waals surface area contributed by atoms with Crippen molar-refractivity contribution < 1.29 is 14.2 Å². The van der Waals surface area contributed by atoms with Crippen molar-refractivity contribution in [1.82, 2.24) is 5.43 Å². The summed E-state index contributed by atoms with van der Waals surface area (Å²) in [7, 11) is 0. The molecule has 21 heavy (non-hydrogen) atoms. The third-order valence-electron chi connectivity index (χ3n) is 3.99. The van der Waals surface area contributed by atoms with Gasteiger partial charge in [-0.3, -0.25) is 11.3 Å². The molecular formula is C16H26N2O3. The van der Waals surface area contributed by atoms with Crippen molar-refractivity contribution in [1.29, 1.82) is 0 Å². The van der Waals surface area contributed by atoms with Crippen molar-refractivity contribution in [3.05, 3.63) is 29.8 Å². The fourth-order valence-electron chi connectivity index (χ4n) is 3.00. The Bertz CT molecular complexity index is 411. The highest BCUT2D eigenvalue weighted by atomic mass is 16.5. The van der Waals surface area contributed by atoms with Gasteiger partial charge in [0.25, 0.3) is 0 Å². The number of hydrogen-bond donors (Lipinski definition) is 2. The summed E-state index contributed by atoms with van der Waals surface area (Å²) >= 11 is 0. The molecule has 1 unspecified atom stereocenters. The van der Waals surface area contributed by atoms with Crippen LogP contribution in [0.25, 0.3) is 0 Å². The number of benzene rings is 1. The molecule has 118 valence electrons. The van der Waals surface area contributed by atoms with E-state index in [9.17, 15) is 0 Å². The lowest BCUT2D eigenvalue weighted by atomic mass is 9.82. The second kappa shape index (κ2) is 7.75. The normalized spacial score (nSPS) is 19.2. The van der Waals surface area contributed by atoms with Gasteiger partial charge in [0.05, 0.1) is 18.2 Å². The highest BCUT2D eigenvalue weighted by Gasteiger charge is 2.41. The van der Waals surface area contributed by atoms with Gasteiger partial charge in [0, 0.05) is 32.7 Å². The largest absolute Gasteiger partial charge is 0.494 e. The van der Waals surface area contributed by atoms with Gasteiger partial charge < -0.3 is 14.2 Å². The summed E-state index contributed by atoms with van der Waals surface area (Å²) in [6.45, 7) is 6.73. The van der Waals surface area contributed by atoms with Gasteiger partial charge in [0.2, 0.25) is 0 Å². The number of nitrogens with two attached hydrogens (primary N) is 1. The van der Waals surface area contributed by atoms with E-state index in [4.69, 9.17) is 20.1 Å². The first-order valence-corrected chi connectivity index (χ1v) is 7.66. The highest BCUT2D eigenvalue weighted by Crippen LogP contribution is 2.37. The zero-order valence-corrected chi connectivity index (χ0v) is 12.9.